The number of rotatable bonds is 7. The molecule has 5 heteroatoms. The van der Waals surface area contributed by atoms with E-state index in [1.807, 2.05) is 17.5 Å². The lowest BCUT2D eigenvalue weighted by molar-refractivity contribution is 0.722. The van der Waals surface area contributed by atoms with Crippen LogP contribution in [0.3, 0.4) is 0 Å². The van der Waals surface area contributed by atoms with Crippen LogP contribution in [0.15, 0.2) is 23.4 Å². The molecule has 0 aromatic carbocycles. The van der Waals surface area contributed by atoms with Gasteiger partial charge in [0.15, 0.2) is 0 Å². The molecule has 2 aromatic rings. The maximum absolute atomic E-state index is 4.20. The molecule has 2 aromatic heterocycles. The molecule has 2 nitrogen and oxygen atoms in total. The quantitative estimate of drug-likeness (QED) is 0.548. The lowest BCUT2D eigenvalue weighted by Gasteiger charge is -1.95. The number of hydrogen-bond acceptors (Lipinski definition) is 5. The summed E-state index contributed by atoms with van der Waals surface area (Å²) in [6.07, 6.45) is 7.03. The molecule has 0 spiro atoms. The normalized spacial score (nSPS) is 10.9. The molecule has 0 radical (unpaired) electrons. The largest absolute Gasteiger partial charge is 0.180 e. The SMILES string of the molecule is CCCCCc1ccc(CSc2cnsn2)s1. The average molecular weight is 284 g/mol. The van der Waals surface area contributed by atoms with Gasteiger partial charge < -0.3 is 0 Å². The summed E-state index contributed by atoms with van der Waals surface area (Å²) in [6.45, 7) is 2.25. The second-order valence-electron chi connectivity index (χ2n) is 3.86. The molecule has 17 heavy (non-hydrogen) atoms. The zero-order valence-electron chi connectivity index (χ0n) is 9.89. The van der Waals surface area contributed by atoms with Crippen LogP contribution in [0.5, 0.6) is 0 Å². The van der Waals surface area contributed by atoms with E-state index in [1.165, 1.54) is 47.2 Å². The third kappa shape index (κ3) is 4.41. The van der Waals surface area contributed by atoms with Gasteiger partial charge in [-0.2, -0.15) is 8.75 Å². The van der Waals surface area contributed by atoms with Crippen LogP contribution in [0, 0.1) is 0 Å². The molecule has 0 saturated carbocycles. The number of aromatic nitrogens is 2. The molecular weight excluding hydrogens is 268 g/mol. The van der Waals surface area contributed by atoms with Crippen LogP contribution in [0.2, 0.25) is 0 Å². The van der Waals surface area contributed by atoms with Crippen molar-refractivity contribution in [2.75, 3.05) is 0 Å². The van der Waals surface area contributed by atoms with Crippen molar-refractivity contribution < 1.29 is 0 Å². The fraction of sp³-hybridized carbons (Fsp3) is 0.500. The van der Waals surface area contributed by atoms with Gasteiger partial charge in [0.1, 0.15) is 5.03 Å². The molecule has 0 fully saturated rings. The molecule has 0 saturated heterocycles. The number of aryl methyl sites for hydroxylation is 1. The Labute approximate surface area is 115 Å². The Morgan fingerprint density at radius 1 is 1.24 bits per heavy atom. The van der Waals surface area contributed by atoms with Crippen molar-refractivity contribution in [3.8, 4) is 0 Å². The van der Waals surface area contributed by atoms with E-state index in [2.05, 4.69) is 27.8 Å². The molecule has 0 aliphatic rings. The van der Waals surface area contributed by atoms with Crippen molar-refractivity contribution in [3.05, 3.63) is 28.1 Å². The van der Waals surface area contributed by atoms with Gasteiger partial charge in [0.05, 0.1) is 17.9 Å². The van der Waals surface area contributed by atoms with Gasteiger partial charge in [-0.3, -0.25) is 0 Å². The zero-order chi connectivity index (χ0) is 11.9. The van der Waals surface area contributed by atoms with Crippen LogP contribution in [0.4, 0.5) is 0 Å². The van der Waals surface area contributed by atoms with Crippen molar-refractivity contribution in [3.63, 3.8) is 0 Å². The summed E-state index contributed by atoms with van der Waals surface area (Å²) in [6, 6.07) is 4.52. The molecular formula is C12H16N2S3. The van der Waals surface area contributed by atoms with Crippen molar-refractivity contribution in [2.45, 2.75) is 43.4 Å². The monoisotopic (exact) mass is 284 g/mol. The van der Waals surface area contributed by atoms with E-state index >= 15 is 0 Å². The number of unbranched alkanes of at least 4 members (excludes halogenated alkanes) is 2. The Kier molecular flexibility index (Phi) is 5.48. The lowest BCUT2D eigenvalue weighted by Crippen LogP contribution is -1.79. The van der Waals surface area contributed by atoms with E-state index in [-0.39, 0.29) is 0 Å². The number of thiophene rings is 1. The standard InChI is InChI=1S/C12H16N2S3/c1-2-3-4-5-10-6-7-11(16-10)9-15-12-8-13-17-14-12/h6-8H,2-5,9H2,1H3. The van der Waals surface area contributed by atoms with Crippen LogP contribution in [-0.2, 0) is 12.2 Å². The Bertz CT molecular complexity index is 423. The number of hydrogen-bond donors (Lipinski definition) is 0. The number of nitrogens with zero attached hydrogens (tertiary/aromatic N) is 2. The van der Waals surface area contributed by atoms with Crippen LogP contribution < -0.4 is 0 Å². The number of thioether (sulfide) groups is 1. The molecule has 0 unspecified atom stereocenters. The maximum atomic E-state index is 4.20. The summed E-state index contributed by atoms with van der Waals surface area (Å²) < 4.78 is 8.20. The molecule has 0 aliphatic carbocycles. The third-order valence-corrected chi connectivity index (χ3v) is 5.32. The molecule has 2 rings (SSSR count). The van der Waals surface area contributed by atoms with Gasteiger partial charge in [0.2, 0.25) is 0 Å². The van der Waals surface area contributed by atoms with E-state index in [0.29, 0.717) is 0 Å². The summed E-state index contributed by atoms with van der Waals surface area (Å²) >= 11 is 4.98. The fourth-order valence-electron chi connectivity index (χ4n) is 1.55. The van der Waals surface area contributed by atoms with E-state index in [0.717, 1.165) is 10.8 Å². The maximum Gasteiger partial charge on any atom is 0.130 e. The molecule has 0 atom stereocenters. The average Bonchev–Trinajstić information content (AvgIpc) is 2.98. The van der Waals surface area contributed by atoms with E-state index in [4.69, 9.17) is 0 Å². The van der Waals surface area contributed by atoms with Gasteiger partial charge in [0, 0.05) is 15.5 Å². The molecule has 0 aliphatic heterocycles. The first-order valence-electron chi connectivity index (χ1n) is 5.86. The first-order valence-corrected chi connectivity index (χ1v) is 8.39. The van der Waals surface area contributed by atoms with Gasteiger partial charge in [-0.1, -0.05) is 31.5 Å². The highest BCUT2D eigenvalue weighted by atomic mass is 32.2. The second-order valence-corrected chi connectivity index (χ2v) is 6.66. The van der Waals surface area contributed by atoms with Gasteiger partial charge in [-0.25, -0.2) is 0 Å². The Hall–Kier alpha value is -0.390. The predicted octanol–water partition coefficient (Wildman–Crippen LogP) is 4.62. The fourth-order valence-corrected chi connectivity index (χ4v) is 4.03. The summed E-state index contributed by atoms with van der Waals surface area (Å²) in [5.74, 6) is 1.02. The molecule has 0 bridgehead atoms. The minimum absolute atomic E-state index is 1.02. The highest BCUT2D eigenvalue weighted by molar-refractivity contribution is 7.98. The van der Waals surface area contributed by atoms with Crippen molar-refractivity contribution in [1.29, 1.82) is 0 Å². The van der Waals surface area contributed by atoms with E-state index < -0.39 is 0 Å². The van der Waals surface area contributed by atoms with Crippen molar-refractivity contribution in [2.24, 2.45) is 0 Å². The van der Waals surface area contributed by atoms with Gasteiger partial charge in [-0.05, 0) is 25.0 Å². The zero-order valence-corrected chi connectivity index (χ0v) is 12.3. The van der Waals surface area contributed by atoms with Crippen LogP contribution in [-0.4, -0.2) is 8.75 Å². The Morgan fingerprint density at radius 2 is 2.12 bits per heavy atom. The first kappa shape index (κ1) is 13.1. The molecule has 0 amide bonds. The summed E-state index contributed by atoms with van der Waals surface area (Å²) in [4.78, 5) is 2.96. The summed E-state index contributed by atoms with van der Waals surface area (Å²) in [7, 11) is 0. The molecule has 2 heterocycles. The summed E-state index contributed by atoms with van der Waals surface area (Å²) in [5.41, 5.74) is 0. The highest BCUT2D eigenvalue weighted by Gasteiger charge is 2.03. The first-order chi connectivity index (χ1) is 8.38. The topological polar surface area (TPSA) is 25.8 Å². The lowest BCUT2D eigenvalue weighted by atomic mass is 10.2. The minimum Gasteiger partial charge on any atom is -0.180 e. The van der Waals surface area contributed by atoms with Crippen molar-refractivity contribution in [1.82, 2.24) is 8.75 Å². The molecule has 0 N–H and O–H groups in total. The smallest absolute Gasteiger partial charge is 0.130 e. The van der Waals surface area contributed by atoms with Crippen molar-refractivity contribution >= 4 is 34.8 Å². The summed E-state index contributed by atoms with van der Waals surface area (Å²) in [5, 5.41) is 1.04. The Balaban J connectivity index is 1.77. The van der Waals surface area contributed by atoms with E-state index in [1.54, 1.807) is 11.8 Å². The van der Waals surface area contributed by atoms with Crippen LogP contribution in [0.25, 0.3) is 0 Å². The molecule has 92 valence electrons. The van der Waals surface area contributed by atoms with Gasteiger partial charge >= 0.3 is 0 Å². The van der Waals surface area contributed by atoms with Crippen LogP contribution in [0.1, 0.15) is 35.9 Å². The van der Waals surface area contributed by atoms with Gasteiger partial charge in [0.25, 0.3) is 0 Å². The Morgan fingerprint density at radius 3 is 2.88 bits per heavy atom. The van der Waals surface area contributed by atoms with E-state index in [9.17, 15) is 0 Å². The predicted molar refractivity (Wildman–Crippen MR) is 77.0 cm³/mol. The second kappa shape index (κ2) is 7.13. The third-order valence-electron chi connectivity index (χ3n) is 2.45. The van der Waals surface area contributed by atoms with Crippen LogP contribution >= 0.6 is 34.8 Å². The highest BCUT2D eigenvalue weighted by Crippen LogP contribution is 2.26. The minimum atomic E-state index is 1.02. The van der Waals surface area contributed by atoms with Gasteiger partial charge in [-0.15, -0.1) is 11.3 Å².